The van der Waals surface area contributed by atoms with Crippen LogP contribution in [0.5, 0.6) is 0 Å². The molecule has 1 aromatic rings. The van der Waals surface area contributed by atoms with Crippen molar-refractivity contribution in [3.05, 3.63) is 29.6 Å². The van der Waals surface area contributed by atoms with Crippen LogP contribution in [0.4, 0.5) is 0 Å². The van der Waals surface area contributed by atoms with E-state index in [9.17, 15) is 0 Å². The standard InChI is InChI=1S/C9H14NPS/c1-7(2)8-4-3-5-10-9(8)6-12-11/h3-5,7H,6,11H2,1-2H3. The van der Waals surface area contributed by atoms with E-state index in [4.69, 9.17) is 0 Å². The first-order valence-corrected chi connectivity index (χ1v) is 6.47. The second-order valence-corrected chi connectivity index (χ2v) is 4.63. The molecule has 1 heterocycles. The normalized spacial score (nSPS) is 10.7. The summed E-state index contributed by atoms with van der Waals surface area (Å²) in [6, 6.07) is 4.17. The average Bonchev–Trinajstić information content (AvgIpc) is 2.05. The smallest absolute Gasteiger partial charge is 0.0540 e. The van der Waals surface area contributed by atoms with Crippen molar-refractivity contribution in [3.63, 3.8) is 0 Å². The van der Waals surface area contributed by atoms with Gasteiger partial charge < -0.3 is 0 Å². The fourth-order valence-corrected chi connectivity index (χ4v) is 2.05. The molecule has 1 nitrogen and oxygen atoms in total. The topological polar surface area (TPSA) is 12.9 Å². The van der Waals surface area contributed by atoms with E-state index in [-0.39, 0.29) is 0 Å². The third-order valence-electron chi connectivity index (χ3n) is 1.77. The molecule has 3 heteroatoms. The van der Waals surface area contributed by atoms with E-state index in [1.54, 1.807) is 11.4 Å². The molecule has 1 unspecified atom stereocenters. The van der Waals surface area contributed by atoms with Gasteiger partial charge in [0.2, 0.25) is 0 Å². The van der Waals surface area contributed by atoms with Crippen LogP contribution < -0.4 is 0 Å². The van der Waals surface area contributed by atoms with Crippen LogP contribution in [0.25, 0.3) is 0 Å². The minimum atomic E-state index is 0.575. The van der Waals surface area contributed by atoms with Crippen molar-refractivity contribution in [2.45, 2.75) is 25.5 Å². The summed E-state index contributed by atoms with van der Waals surface area (Å²) in [5.41, 5.74) is 2.58. The largest absolute Gasteiger partial charge is 0.260 e. The van der Waals surface area contributed by atoms with E-state index in [0.29, 0.717) is 5.92 Å². The van der Waals surface area contributed by atoms with Gasteiger partial charge >= 0.3 is 0 Å². The predicted molar refractivity (Wildman–Crippen MR) is 59.3 cm³/mol. The van der Waals surface area contributed by atoms with Crippen molar-refractivity contribution in [3.8, 4) is 0 Å². The van der Waals surface area contributed by atoms with E-state index in [0.717, 1.165) is 5.75 Å². The molecule has 0 aliphatic carbocycles. The van der Waals surface area contributed by atoms with Gasteiger partial charge in [-0.3, -0.25) is 4.98 Å². The lowest BCUT2D eigenvalue weighted by atomic mass is 10.0. The number of pyridine rings is 1. The van der Waals surface area contributed by atoms with Gasteiger partial charge in [0, 0.05) is 11.9 Å². The summed E-state index contributed by atoms with van der Waals surface area (Å²) >= 11 is 1.74. The highest BCUT2D eigenvalue weighted by Gasteiger charge is 2.05. The fraction of sp³-hybridized carbons (Fsp3) is 0.444. The van der Waals surface area contributed by atoms with Gasteiger partial charge in [-0.1, -0.05) is 28.4 Å². The van der Waals surface area contributed by atoms with Crippen LogP contribution >= 0.6 is 19.8 Å². The number of hydrogen-bond donors (Lipinski definition) is 0. The molecule has 1 atom stereocenters. The molecule has 0 aliphatic heterocycles. The zero-order valence-corrected chi connectivity index (χ0v) is 9.42. The zero-order chi connectivity index (χ0) is 8.97. The number of nitrogens with zero attached hydrogens (tertiary/aromatic N) is 1. The number of rotatable bonds is 3. The molecule has 0 radical (unpaired) electrons. The van der Waals surface area contributed by atoms with E-state index >= 15 is 0 Å². The summed E-state index contributed by atoms with van der Waals surface area (Å²) in [4.78, 5) is 4.36. The highest BCUT2D eigenvalue weighted by molar-refractivity contribution is 8.43. The lowest BCUT2D eigenvalue weighted by Gasteiger charge is -2.09. The van der Waals surface area contributed by atoms with Crippen molar-refractivity contribution in [2.24, 2.45) is 0 Å². The first-order valence-electron chi connectivity index (χ1n) is 4.01. The van der Waals surface area contributed by atoms with E-state index in [1.165, 1.54) is 11.3 Å². The van der Waals surface area contributed by atoms with Gasteiger partial charge in [0.1, 0.15) is 0 Å². The first-order chi connectivity index (χ1) is 5.75. The van der Waals surface area contributed by atoms with Crippen LogP contribution in [-0.2, 0) is 5.75 Å². The summed E-state index contributed by atoms with van der Waals surface area (Å²) in [5, 5.41) is 0. The van der Waals surface area contributed by atoms with Crippen molar-refractivity contribution in [1.29, 1.82) is 0 Å². The SMILES string of the molecule is CC(C)c1cccnc1CSP. The van der Waals surface area contributed by atoms with Crippen molar-refractivity contribution in [2.75, 3.05) is 0 Å². The number of hydrogen-bond acceptors (Lipinski definition) is 2. The summed E-state index contributed by atoms with van der Waals surface area (Å²) in [6.45, 7) is 4.40. The molecule has 1 aromatic heterocycles. The highest BCUT2D eigenvalue weighted by Crippen LogP contribution is 2.23. The minimum Gasteiger partial charge on any atom is -0.260 e. The van der Waals surface area contributed by atoms with Gasteiger partial charge in [-0.05, 0) is 17.5 Å². The first kappa shape index (κ1) is 10.0. The van der Waals surface area contributed by atoms with E-state index in [2.05, 4.69) is 33.3 Å². The summed E-state index contributed by atoms with van der Waals surface area (Å²) in [5.74, 6) is 1.56. The zero-order valence-electron chi connectivity index (χ0n) is 7.45. The Morgan fingerprint density at radius 3 is 2.92 bits per heavy atom. The fourth-order valence-electron chi connectivity index (χ4n) is 1.18. The molecular weight excluding hydrogens is 185 g/mol. The third kappa shape index (κ3) is 2.46. The molecule has 1 rings (SSSR count). The quantitative estimate of drug-likeness (QED) is 0.693. The summed E-state index contributed by atoms with van der Waals surface area (Å²) in [6.07, 6.45) is 1.86. The number of aromatic nitrogens is 1. The van der Waals surface area contributed by atoms with E-state index < -0.39 is 0 Å². The van der Waals surface area contributed by atoms with Crippen LogP contribution in [0.2, 0.25) is 0 Å². The van der Waals surface area contributed by atoms with Crippen molar-refractivity contribution >= 4 is 19.8 Å². The maximum absolute atomic E-state index is 4.36. The van der Waals surface area contributed by atoms with Gasteiger partial charge in [0.05, 0.1) is 5.69 Å². The van der Waals surface area contributed by atoms with Gasteiger partial charge in [0.15, 0.2) is 0 Å². The summed E-state index contributed by atoms with van der Waals surface area (Å²) < 4.78 is 0. The molecule has 0 aliphatic rings. The lowest BCUT2D eigenvalue weighted by Crippen LogP contribution is -1.96. The molecule has 0 amide bonds. The second kappa shape index (κ2) is 4.84. The van der Waals surface area contributed by atoms with Crippen molar-refractivity contribution < 1.29 is 0 Å². The van der Waals surface area contributed by atoms with Crippen LogP contribution in [-0.4, -0.2) is 4.98 Å². The molecule has 66 valence electrons. The molecule has 0 fully saturated rings. The van der Waals surface area contributed by atoms with Gasteiger partial charge in [0.25, 0.3) is 0 Å². The van der Waals surface area contributed by atoms with Crippen LogP contribution in [0, 0.1) is 0 Å². The Bertz CT molecular complexity index is 250. The summed E-state index contributed by atoms with van der Waals surface area (Å²) in [7, 11) is 2.66. The molecule has 0 bridgehead atoms. The van der Waals surface area contributed by atoms with Gasteiger partial charge in [-0.2, -0.15) is 0 Å². The Hall–Kier alpha value is -0.0700. The van der Waals surface area contributed by atoms with E-state index in [1.807, 2.05) is 12.3 Å². The Morgan fingerprint density at radius 2 is 2.33 bits per heavy atom. The maximum Gasteiger partial charge on any atom is 0.0540 e. The Kier molecular flexibility index (Phi) is 4.03. The molecule has 0 saturated heterocycles. The Morgan fingerprint density at radius 1 is 1.58 bits per heavy atom. The molecule has 0 aromatic carbocycles. The molecule has 12 heavy (non-hydrogen) atoms. The Labute approximate surface area is 80.3 Å². The second-order valence-electron chi connectivity index (χ2n) is 3.01. The predicted octanol–water partition coefficient (Wildman–Crippen LogP) is 3.23. The third-order valence-corrected chi connectivity index (χ3v) is 2.71. The lowest BCUT2D eigenvalue weighted by molar-refractivity contribution is 0.840. The molecular formula is C9H14NPS. The molecule has 0 N–H and O–H groups in total. The van der Waals surface area contributed by atoms with Crippen LogP contribution in [0.3, 0.4) is 0 Å². The van der Waals surface area contributed by atoms with Crippen LogP contribution in [0.15, 0.2) is 18.3 Å². The van der Waals surface area contributed by atoms with Crippen molar-refractivity contribution in [1.82, 2.24) is 4.98 Å². The monoisotopic (exact) mass is 199 g/mol. The molecule has 0 saturated carbocycles. The molecule has 0 spiro atoms. The minimum absolute atomic E-state index is 0.575. The van der Waals surface area contributed by atoms with Crippen LogP contribution in [0.1, 0.15) is 31.0 Å². The van der Waals surface area contributed by atoms with Gasteiger partial charge in [-0.25, -0.2) is 0 Å². The highest BCUT2D eigenvalue weighted by atomic mass is 32.7. The average molecular weight is 199 g/mol. The Balaban J connectivity index is 2.92. The van der Waals surface area contributed by atoms with Gasteiger partial charge in [-0.15, -0.1) is 11.4 Å². The maximum atomic E-state index is 4.36.